The number of alkyl halides is 2. The predicted octanol–water partition coefficient (Wildman–Crippen LogP) is 4.10. The van der Waals surface area contributed by atoms with Gasteiger partial charge in [-0.15, -0.1) is 0 Å². The van der Waals surface area contributed by atoms with Crippen molar-refractivity contribution >= 4 is 5.82 Å². The van der Waals surface area contributed by atoms with Gasteiger partial charge in [0.1, 0.15) is 5.82 Å². The van der Waals surface area contributed by atoms with Crippen LogP contribution in [0.25, 0.3) is 11.4 Å². The first-order valence-electron chi connectivity index (χ1n) is 6.42. The predicted molar refractivity (Wildman–Crippen MR) is 75.7 cm³/mol. The van der Waals surface area contributed by atoms with E-state index < -0.39 is 6.43 Å². The molecule has 1 aromatic heterocycles. The standard InChI is InChI=1S/C15H17F2N3/c1-8(2)12-9(3)19-15(20-14(12)18)11-6-4-10(5-7-11)13(16)17/h4-8,13H,1-3H3,(H2,18,19,20). The highest BCUT2D eigenvalue weighted by molar-refractivity contribution is 5.59. The molecule has 2 N–H and O–H groups in total. The maximum absolute atomic E-state index is 12.5. The maximum atomic E-state index is 12.5. The van der Waals surface area contributed by atoms with E-state index >= 15 is 0 Å². The van der Waals surface area contributed by atoms with Crippen LogP contribution in [0.3, 0.4) is 0 Å². The Morgan fingerprint density at radius 3 is 2.10 bits per heavy atom. The highest BCUT2D eigenvalue weighted by Gasteiger charge is 2.14. The molecular formula is C15H17F2N3. The lowest BCUT2D eigenvalue weighted by atomic mass is 10.0. The minimum atomic E-state index is -2.47. The second kappa shape index (κ2) is 5.53. The summed E-state index contributed by atoms with van der Waals surface area (Å²) < 4.78 is 25.0. The van der Waals surface area contributed by atoms with Gasteiger partial charge in [0.15, 0.2) is 5.82 Å². The number of rotatable bonds is 3. The third kappa shape index (κ3) is 2.76. The molecule has 20 heavy (non-hydrogen) atoms. The topological polar surface area (TPSA) is 51.8 Å². The van der Waals surface area contributed by atoms with Crippen LogP contribution in [0.4, 0.5) is 14.6 Å². The van der Waals surface area contributed by atoms with E-state index in [1.807, 2.05) is 20.8 Å². The number of benzene rings is 1. The van der Waals surface area contributed by atoms with Crippen molar-refractivity contribution in [1.29, 1.82) is 0 Å². The van der Waals surface area contributed by atoms with Crippen LogP contribution < -0.4 is 5.73 Å². The Labute approximate surface area is 116 Å². The average Bonchev–Trinajstić information content (AvgIpc) is 2.37. The molecule has 0 atom stereocenters. The van der Waals surface area contributed by atoms with Gasteiger partial charge in [0.2, 0.25) is 0 Å². The van der Waals surface area contributed by atoms with Gasteiger partial charge in [0, 0.05) is 22.4 Å². The monoisotopic (exact) mass is 277 g/mol. The van der Waals surface area contributed by atoms with E-state index in [-0.39, 0.29) is 11.5 Å². The Kier molecular flexibility index (Phi) is 3.97. The van der Waals surface area contributed by atoms with Crippen LogP contribution in [-0.2, 0) is 0 Å². The molecule has 0 fully saturated rings. The van der Waals surface area contributed by atoms with E-state index in [0.29, 0.717) is 17.2 Å². The lowest BCUT2D eigenvalue weighted by molar-refractivity contribution is 0.151. The third-order valence-corrected chi connectivity index (χ3v) is 3.16. The summed E-state index contributed by atoms with van der Waals surface area (Å²) in [5.74, 6) is 1.15. The third-order valence-electron chi connectivity index (χ3n) is 3.16. The summed E-state index contributed by atoms with van der Waals surface area (Å²) in [6.45, 7) is 5.93. The summed E-state index contributed by atoms with van der Waals surface area (Å²) in [6, 6.07) is 5.94. The van der Waals surface area contributed by atoms with E-state index in [4.69, 9.17) is 5.73 Å². The Bertz CT molecular complexity index is 584. The van der Waals surface area contributed by atoms with Crippen LogP contribution in [0.5, 0.6) is 0 Å². The summed E-state index contributed by atoms with van der Waals surface area (Å²) in [6.07, 6.45) is -2.47. The number of aryl methyl sites for hydroxylation is 1. The minimum Gasteiger partial charge on any atom is -0.383 e. The van der Waals surface area contributed by atoms with Crippen LogP contribution in [0.15, 0.2) is 24.3 Å². The molecular weight excluding hydrogens is 260 g/mol. The molecule has 0 amide bonds. The molecule has 0 aliphatic heterocycles. The molecule has 0 aliphatic rings. The normalized spacial score (nSPS) is 11.3. The van der Waals surface area contributed by atoms with Gasteiger partial charge >= 0.3 is 0 Å². The fourth-order valence-electron chi connectivity index (χ4n) is 2.22. The van der Waals surface area contributed by atoms with Gasteiger partial charge in [0.25, 0.3) is 6.43 Å². The smallest absolute Gasteiger partial charge is 0.263 e. The van der Waals surface area contributed by atoms with Gasteiger partial charge in [-0.1, -0.05) is 38.1 Å². The second-order valence-corrected chi connectivity index (χ2v) is 5.01. The van der Waals surface area contributed by atoms with Gasteiger partial charge in [-0.3, -0.25) is 0 Å². The van der Waals surface area contributed by atoms with Crippen molar-refractivity contribution in [1.82, 2.24) is 9.97 Å². The Hall–Kier alpha value is -2.04. The summed E-state index contributed by atoms with van der Waals surface area (Å²) >= 11 is 0. The Morgan fingerprint density at radius 2 is 1.65 bits per heavy atom. The molecule has 0 saturated heterocycles. The van der Waals surface area contributed by atoms with Gasteiger partial charge < -0.3 is 5.73 Å². The van der Waals surface area contributed by atoms with Crippen LogP contribution in [-0.4, -0.2) is 9.97 Å². The molecule has 0 aliphatic carbocycles. The van der Waals surface area contributed by atoms with E-state index in [2.05, 4.69) is 9.97 Å². The molecule has 5 heteroatoms. The molecule has 2 aromatic rings. The molecule has 2 rings (SSSR count). The number of hydrogen-bond donors (Lipinski definition) is 1. The largest absolute Gasteiger partial charge is 0.383 e. The molecule has 0 radical (unpaired) electrons. The summed E-state index contributed by atoms with van der Waals surface area (Å²) in [4.78, 5) is 8.70. The van der Waals surface area contributed by atoms with Crippen LogP contribution in [0, 0.1) is 6.92 Å². The first kappa shape index (κ1) is 14.4. The highest BCUT2D eigenvalue weighted by atomic mass is 19.3. The number of hydrogen-bond acceptors (Lipinski definition) is 3. The zero-order valence-electron chi connectivity index (χ0n) is 11.7. The number of nitrogens with two attached hydrogens (primary N) is 1. The summed E-state index contributed by atoms with van der Waals surface area (Å²) in [5.41, 5.74) is 8.38. The number of nitrogens with zero attached hydrogens (tertiary/aromatic N) is 2. The number of nitrogen functional groups attached to an aromatic ring is 1. The minimum absolute atomic E-state index is 0.0164. The summed E-state index contributed by atoms with van der Waals surface area (Å²) in [5, 5.41) is 0. The molecule has 0 spiro atoms. The van der Waals surface area contributed by atoms with E-state index in [1.54, 1.807) is 12.1 Å². The first-order valence-corrected chi connectivity index (χ1v) is 6.42. The van der Waals surface area contributed by atoms with Crippen molar-refractivity contribution < 1.29 is 8.78 Å². The van der Waals surface area contributed by atoms with E-state index in [9.17, 15) is 8.78 Å². The van der Waals surface area contributed by atoms with Crippen molar-refractivity contribution in [2.75, 3.05) is 5.73 Å². The van der Waals surface area contributed by atoms with E-state index in [0.717, 1.165) is 11.3 Å². The van der Waals surface area contributed by atoms with Gasteiger partial charge in [-0.25, -0.2) is 18.7 Å². The lowest BCUT2D eigenvalue weighted by Crippen LogP contribution is -2.06. The lowest BCUT2D eigenvalue weighted by Gasteiger charge is -2.13. The van der Waals surface area contributed by atoms with Crippen molar-refractivity contribution in [2.24, 2.45) is 0 Å². The van der Waals surface area contributed by atoms with Crippen LogP contribution in [0.1, 0.15) is 43.0 Å². The fraction of sp³-hybridized carbons (Fsp3) is 0.333. The molecule has 3 nitrogen and oxygen atoms in total. The highest BCUT2D eigenvalue weighted by Crippen LogP contribution is 2.27. The van der Waals surface area contributed by atoms with Gasteiger partial charge in [-0.2, -0.15) is 0 Å². The van der Waals surface area contributed by atoms with Crippen molar-refractivity contribution in [3.05, 3.63) is 41.1 Å². The van der Waals surface area contributed by atoms with Gasteiger partial charge in [-0.05, 0) is 12.8 Å². The molecule has 1 aromatic carbocycles. The molecule has 1 heterocycles. The Morgan fingerprint density at radius 1 is 1.05 bits per heavy atom. The molecule has 0 saturated carbocycles. The average molecular weight is 277 g/mol. The zero-order chi connectivity index (χ0) is 14.9. The van der Waals surface area contributed by atoms with Crippen molar-refractivity contribution in [3.63, 3.8) is 0 Å². The maximum Gasteiger partial charge on any atom is 0.263 e. The first-order chi connectivity index (χ1) is 9.40. The van der Waals surface area contributed by atoms with Crippen molar-refractivity contribution in [3.8, 4) is 11.4 Å². The summed E-state index contributed by atoms with van der Waals surface area (Å²) in [7, 11) is 0. The fourth-order valence-corrected chi connectivity index (χ4v) is 2.22. The molecule has 0 unspecified atom stereocenters. The van der Waals surface area contributed by atoms with Crippen LogP contribution >= 0.6 is 0 Å². The van der Waals surface area contributed by atoms with Crippen LogP contribution in [0.2, 0.25) is 0 Å². The quantitative estimate of drug-likeness (QED) is 0.919. The number of halogens is 2. The Balaban J connectivity index is 2.43. The molecule has 106 valence electrons. The SMILES string of the molecule is Cc1nc(-c2ccc(C(F)F)cc2)nc(N)c1C(C)C. The van der Waals surface area contributed by atoms with E-state index in [1.165, 1.54) is 12.1 Å². The second-order valence-electron chi connectivity index (χ2n) is 5.01. The molecule has 0 bridgehead atoms. The number of aromatic nitrogens is 2. The van der Waals surface area contributed by atoms with Gasteiger partial charge in [0.05, 0.1) is 0 Å². The zero-order valence-corrected chi connectivity index (χ0v) is 11.7. The number of anilines is 1. The van der Waals surface area contributed by atoms with Crippen molar-refractivity contribution in [2.45, 2.75) is 33.1 Å².